The Kier molecular flexibility index (Phi) is 4.05. The van der Waals surface area contributed by atoms with Gasteiger partial charge in [-0.1, -0.05) is 0 Å². The molecule has 128 valence electrons. The van der Waals surface area contributed by atoms with Crippen molar-refractivity contribution in [1.82, 2.24) is 9.97 Å². The molecule has 1 saturated heterocycles. The number of anilines is 3. The van der Waals surface area contributed by atoms with E-state index in [-0.39, 0.29) is 11.8 Å². The highest BCUT2D eigenvalue weighted by Crippen LogP contribution is 2.27. The third-order valence-corrected chi connectivity index (χ3v) is 4.61. The average molecular weight is 337 g/mol. The number of amides is 2. The standard InChI is InChI=1S/C18H19N5O2/c24-16-6-4-12-9-13(3-5-14(12)21-16)18(25)22-15-10-19-11-20-17(15)23-7-1-2-8-23/h3,5,9-11H,1-2,4,6-8H2,(H,21,24)(H,22,25). The zero-order chi connectivity index (χ0) is 17.2. The maximum absolute atomic E-state index is 12.7. The summed E-state index contributed by atoms with van der Waals surface area (Å²) in [5.74, 6) is 0.586. The molecule has 7 nitrogen and oxygen atoms in total. The van der Waals surface area contributed by atoms with Crippen molar-refractivity contribution in [1.29, 1.82) is 0 Å². The van der Waals surface area contributed by atoms with Crippen LogP contribution >= 0.6 is 0 Å². The van der Waals surface area contributed by atoms with Crippen LogP contribution in [0.25, 0.3) is 0 Å². The molecule has 0 atom stereocenters. The van der Waals surface area contributed by atoms with Gasteiger partial charge in [-0.15, -0.1) is 0 Å². The Bertz CT molecular complexity index is 830. The molecule has 7 heteroatoms. The van der Waals surface area contributed by atoms with Gasteiger partial charge in [-0.25, -0.2) is 9.97 Å². The number of aromatic nitrogens is 2. The first-order valence-electron chi connectivity index (χ1n) is 8.50. The van der Waals surface area contributed by atoms with Gasteiger partial charge >= 0.3 is 0 Å². The fraction of sp³-hybridized carbons (Fsp3) is 0.333. The number of hydrogen-bond donors (Lipinski definition) is 2. The van der Waals surface area contributed by atoms with Crippen molar-refractivity contribution in [2.24, 2.45) is 0 Å². The molecular weight excluding hydrogens is 318 g/mol. The van der Waals surface area contributed by atoms with Gasteiger partial charge in [0.2, 0.25) is 5.91 Å². The summed E-state index contributed by atoms with van der Waals surface area (Å²) < 4.78 is 0. The molecule has 0 radical (unpaired) electrons. The maximum Gasteiger partial charge on any atom is 0.255 e. The summed E-state index contributed by atoms with van der Waals surface area (Å²) in [6.45, 7) is 1.89. The third-order valence-electron chi connectivity index (χ3n) is 4.61. The molecule has 2 aliphatic rings. The van der Waals surface area contributed by atoms with Gasteiger partial charge in [0.05, 0.1) is 6.20 Å². The number of hydrogen-bond acceptors (Lipinski definition) is 5. The van der Waals surface area contributed by atoms with E-state index in [0.29, 0.717) is 24.1 Å². The Morgan fingerprint density at radius 3 is 2.88 bits per heavy atom. The van der Waals surface area contributed by atoms with Crippen molar-refractivity contribution in [2.45, 2.75) is 25.7 Å². The van der Waals surface area contributed by atoms with E-state index in [2.05, 4.69) is 25.5 Å². The van der Waals surface area contributed by atoms with E-state index in [0.717, 1.165) is 43.0 Å². The summed E-state index contributed by atoms with van der Waals surface area (Å²) in [5.41, 5.74) is 2.96. The first-order chi connectivity index (χ1) is 12.2. The van der Waals surface area contributed by atoms with Gasteiger partial charge in [-0.3, -0.25) is 9.59 Å². The van der Waals surface area contributed by atoms with Gasteiger partial charge in [0.15, 0.2) is 5.82 Å². The molecule has 2 N–H and O–H groups in total. The second kappa shape index (κ2) is 6.51. The summed E-state index contributed by atoms with van der Waals surface area (Å²) in [5, 5.41) is 5.75. The van der Waals surface area contributed by atoms with Crippen molar-refractivity contribution in [2.75, 3.05) is 28.6 Å². The monoisotopic (exact) mass is 337 g/mol. The minimum atomic E-state index is -0.199. The largest absolute Gasteiger partial charge is 0.355 e. The van der Waals surface area contributed by atoms with Crippen molar-refractivity contribution in [3.63, 3.8) is 0 Å². The number of aryl methyl sites for hydroxylation is 1. The van der Waals surface area contributed by atoms with Gasteiger partial charge in [-0.05, 0) is 43.0 Å². The number of carbonyl (C=O) groups excluding carboxylic acids is 2. The van der Waals surface area contributed by atoms with Crippen molar-refractivity contribution in [3.8, 4) is 0 Å². The van der Waals surface area contributed by atoms with Crippen molar-refractivity contribution in [3.05, 3.63) is 41.9 Å². The van der Waals surface area contributed by atoms with Gasteiger partial charge in [0, 0.05) is 30.8 Å². The van der Waals surface area contributed by atoms with Gasteiger partial charge in [0.25, 0.3) is 5.91 Å². The number of carbonyl (C=O) groups is 2. The van der Waals surface area contributed by atoms with Gasteiger partial charge in [-0.2, -0.15) is 0 Å². The number of nitrogens with zero attached hydrogens (tertiary/aromatic N) is 3. The average Bonchev–Trinajstić information content (AvgIpc) is 3.16. The zero-order valence-electron chi connectivity index (χ0n) is 13.8. The predicted molar refractivity (Wildman–Crippen MR) is 94.8 cm³/mol. The molecule has 0 aliphatic carbocycles. The lowest BCUT2D eigenvalue weighted by Crippen LogP contribution is -2.23. The van der Waals surface area contributed by atoms with Gasteiger partial charge < -0.3 is 15.5 Å². The SMILES string of the molecule is O=C1CCc2cc(C(=O)Nc3cncnc3N3CCCC3)ccc2N1. The molecule has 1 aromatic carbocycles. The number of nitrogens with one attached hydrogen (secondary N) is 2. The van der Waals surface area contributed by atoms with Crippen LogP contribution in [-0.2, 0) is 11.2 Å². The zero-order valence-corrected chi connectivity index (χ0v) is 13.8. The summed E-state index contributed by atoms with van der Waals surface area (Å²) >= 11 is 0. The molecule has 4 rings (SSSR count). The quantitative estimate of drug-likeness (QED) is 0.897. The molecule has 0 spiro atoms. The summed E-state index contributed by atoms with van der Waals surface area (Å²) in [6.07, 6.45) is 6.50. The van der Waals surface area contributed by atoms with E-state index >= 15 is 0 Å². The molecule has 0 saturated carbocycles. The minimum absolute atomic E-state index is 0.0152. The van der Waals surface area contributed by atoms with Crippen LogP contribution in [0.15, 0.2) is 30.7 Å². The molecule has 3 heterocycles. The molecule has 2 aliphatic heterocycles. The van der Waals surface area contributed by atoms with Crippen LogP contribution in [0, 0.1) is 0 Å². The lowest BCUT2D eigenvalue weighted by atomic mass is 10.00. The van der Waals surface area contributed by atoms with E-state index in [9.17, 15) is 9.59 Å². The van der Waals surface area contributed by atoms with Crippen LogP contribution < -0.4 is 15.5 Å². The topological polar surface area (TPSA) is 87.2 Å². The Morgan fingerprint density at radius 1 is 1.20 bits per heavy atom. The van der Waals surface area contributed by atoms with E-state index in [1.807, 2.05) is 6.07 Å². The van der Waals surface area contributed by atoms with Gasteiger partial charge in [0.1, 0.15) is 12.0 Å². The van der Waals surface area contributed by atoms with Crippen LogP contribution in [0.5, 0.6) is 0 Å². The molecule has 0 bridgehead atoms. The predicted octanol–water partition coefficient (Wildman–Crippen LogP) is 2.21. The smallest absolute Gasteiger partial charge is 0.255 e. The second-order valence-corrected chi connectivity index (χ2v) is 6.33. The number of benzene rings is 1. The third kappa shape index (κ3) is 3.17. The highest BCUT2D eigenvalue weighted by Gasteiger charge is 2.20. The highest BCUT2D eigenvalue weighted by molar-refractivity contribution is 6.06. The Labute approximate surface area is 145 Å². The Morgan fingerprint density at radius 2 is 2.04 bits per heavy atom. The summed E-state index contributed by atoms with van der Waals surface area (Å²) in [7, 11) is 0. The van der Waals surface area contributed by atoms with Crippen LogP contribution in [0.1, 0.15) is 35.2 Å². The maximum atomic E-state index is 12.7. The van der Waals surface area contributed by atoms with E-state index in [1.165, 1.54) is 6.33 Å². The van der Waals surface area contributed by atoms with E-state index < -0.39 is 0 Å². The highest BCUT2D eigenvalue weighted by atomic mass is 16.2. The Hall–Kier alpha value is -2.96. The summed E-state index contributed by atoms with van der Waals surface area (Å²) in [4.78, 5) is 34.6. The first kappa shape index (κ1) is 15.6. The molecule has 1 fully saturated rings. The second-order valence-electron chi connectivity index (χ2n) is 6.33. The molecule has 0 unspecified atom stereocenters. The van der Waals surface area contributed by atoms with Crippen LogP contribution in [0.4, 0.5) is 17.2 Å². The molecule has 1 aromatic heterocycles. The minimum Gasteiger partial charge on any atom is -0.355 e. The van der Waals surface area contributed by atoms with E-state index in [4.69, 9.17) is 0 Å². The summed E-state index contributed by atoms with van der Waals surface area (Å²) in [6, 6.07) is 5.34. The van der Waals surface area contributed by atoms with Crippen LogP contribution in [0.3, 0.4) is 0 Å². The lowest BCUT2D eigenvalue weighted by molar-refractivity contribution is -0.116. The van der Waals surface area contributed by atoms with Crippen molar-refractivity contribution >= 4 is 29.0 Å². The lowest BCUT2D eigenvalue weighted by Gasteiger charge is -2.20. The number of rotatable bonds is 3. The Balaban J connectivity index is 1.56. The molecular formula is C18H19N5O2. The van der Waals surface area contributed by atoms with Crippen LogP contribution in [0.2, 0.25) is 0 Å². The fourth-order valence-corrected chi connectivity index (χ4v) is 3.31. The molecule has 2 amide bonds. The first-order valence-corrected chi connectivity index (χ1v) is 8.50. The van der Waals surface area contributed by atoms with Crippen LogP contribution in [-0.4, -0.2) is 34.9 Å². The molecule has 25 heavy (non-hydrogen) atoms. The molecule has 2 aromatic rings. The number of fused-ring (bicyclic) bond motifs is 1. The normalized spacial score (nSPS) is 16.3. The van der Waals surface area contributed by atoms with E-state index in [1.54, 1.807) is 18.3 Å². The fourth-order valence-electron chi connectivity index (χ4n) is 3.31. The van der Waals surface area contributed by atoms with Crippen molar-refractivity contribution < 1.29 is 9.59 Å².